The SMILES string of the molecule is CS(=O)(=O)N1Cc2[nH]nc(NC(=O)Cc3cccc(F)c3)c2C1. The molecule has 1 aliphatic rings. The highest BCUT2D eigenvalue weighted by Crippen LogP contribution is 2.28. The summed E-state index contributed by atoms with van der Waals surface area (Å²) in [7, 11) is -3.31. The quantitative estimate of drug-likeness (QED) is 0.869. The van der Waals surface area contributed by atoms with Crippen molar-refractivity contribution in [3.05, 3.63) is 46.9 Å². The number of rotatable bonds is 4. The molecule has 0 unspecified atom stereocenters. The molecule has 2 N–H and O–H groups in total. The van der Waals surface area contributed by atoms with Gasteiger partial charge >= 0.3 is 0 Å². The van der Waals surface area contributed by atoms with Gasteiger partial charge in [0, 0.05) is 12.1 Å². The van der Waals surface area contributed by atoms with Crippen molar-refractivity contribution in [2.45, 2.75) is 19.5 Å². The zero-order valence-electron chi connectivity index (χ0n) is 12.3. The molecule has 2 aromatic rings. The van der Waals surface area contributed by atoms with Crippen molar-refractivity contribution in [2.75, 3.05) is 11.6 Å². The van der Waals surface area contributed by atoms with Crippen molar-refractivity contribution in [3.8, 4) is 0 Å². The van der Waals surface area contributed by atoms with Crippen LogP contribution in [0.2, 0.25) is 0 Å². The molecule has 1 aromatic carbocycles. The van der Waals surface area contributed by atoms with Crippen LogP contribution in [0.4, 0.5) is 10.2 Å². The predicted octanol–water partition coefficient (Wildman–Crippen LogP) is 1.01. The number of fused-ring (bicyclic) bond motifs is 1. The fraction of sp³-hybridized carbons (Fsp3) is 0.286. The van der Waals surface area contributed by atoms with Gasteiger partial charge in [0.15, 0.2) is 5.82 Å². The third-order valence-electron chi connectivity index (χ3n) is 3.60. The van der Waals surface area contributed by atoms with Crippen molar-refractivity contribution in [2.24, 2.45) is 0 Å². The van der Waals surface area contributed by atoms with E-state index in [9.17, 15) is 17.6 Å². The minimum absolute atomic E-state index is 0.00911. The van der Waals surface area contributed by atoms with Gasteiger partial charge in [-0.2, -0.15) is 9.40 Å². The number of amides is 1. The summed E-state index contributed by atoms with van der Waals surface area (Å²) < 4.78 is 37.6. The van der Waals surface area contributed by atoms with Crippen molar-refractivity contribution in [1.29, 1.82) is 0 Å². The first kappa shape index (κ1) is 15.6. The Hall–Kier alpha value is -2.26. The Morgan fingerprint density at radius 2 is 2.22 bits per heavy atom. The summed E-state index contributed by atoms with van der Waals surface area (Å²) >= 11 is 0. The molecule has 1 aromatic heterocycles. The number of aromatic amines is 1. The van der Waals surface area contributed by atoms with E-state index in [0.29, 0.717) is 22.6 Å². The van der Waals surface area contributed by atoms with Gasteiger partial charge in [0.1, 0.15) is 5.82 Å². The summed E-state index contributed by atoms with van der Waals surface area (Å²) in [5.41, 5.74) is 1.87. The topological polar surface area (TPSA) is 95.2 Å². The highest BCUT2D eigenvalue weighted by Gasteiger charge is 2.30. The lowest BCUT2D eigenvalue weighted by Gasteiger charge is -2.11. The summed E-state index contributed by atoms with van der Waals surface area (Å²) in [6.45, 7) is 0.376. The monoisotopic (exact) mass is 338 g/mol. The fourth-order valence-electron chi connectivity index (χ4n) is 2.46. The van der Waals surface area contributed by atoms with E-state index < -0.39 is 15.8 Å². The molecule has 0 atom stereocenters. The van der Waals surface area contributed by atoms with Gasteiger partial charge in [-0.25, -0.2) is 12.8 Å². The molecule has 0 saturated carbocycles. The van der Waals surface area contributed by atoms with E-state index >= 15 is 0 Å². The highest BCUT2D eigenvalue weighted by molar-refractivity contribution is 7.88. The van der Waals surface area contributed by atoms with Gasteiger partial charge in [-0.3, -0.25) is 9.89 Å². The Balaban J connectivity index is 1.70. The summed E-state index contributed by atoms with van der Waals surface area (Å²) in [4.78, 5) is 12.1. The van der Waals surface area contributed by atoms with Gasteiger partial charge in [0.2, 0.25) is 15.9 Å². The molecule has 1 amide bonds. The Labute approximate surface area is 132 Å². The summed E-state index contributed by atoms with van der Waals surface area (Å²) in [5.74, 6) is -0.435. The van der Waals surface area contributed by atoms with Crippen LogP contribution < -0.4 is 5.32 Å². The number of H-pyrrole nitrogens is 1. The first-order valence-corrected chi connectivity index (χ1v) is 8.73. The molecule has 23 heavy (non-hydrogen) atoms. The molecule has 0 spiro atoms. The second kappa shape index (κ2) is 5.74. The molecule has 9 heteroatoms. The van der Waals surface area contributed by atoms with Gasteiger partial charge < -0.3 is 5.32 Å². The van der Waals surface area contributed by atoms with Gasteiger partial charge in [-0.15, -0.1) is 0 Å². The summed E-state index contributed by atoms with van der Waals surface area (Å²) in [6.07, 6.45) is 1.14. The summed E-state index contributed by atoms with van der Waals surface area (Å²) in [6, 6.07) is 5.79. The van der Waals surface area contributed by atoms with Gasteiger partial charge in [0.25, 0.3) is 0 Å². The van der Waals surface area contributed by atoms with Crippen molar-refractivity contribution in [3.63, 3.8) is 0 Å². The predicted molar refractivity (Wildman–Crippen MR) is 81.4 cm³/mol. The number of sulfonamides is 1. The van der Waals surface area contributed by atoms with Crippen molar-refractivity contribution in [1.82, 2.24) is 14.5 Å². The minimum atomic E-state index is -3.31. The van der Waals surface area contributed by atoms with Crippen LogP contribution in [0.1, 0.15) is 16.8 Å². The van der Waals surface area contributed by atoms with E-state index in [-0.39, 0.29) is 25.4 Å². The van der Waals surface area contributed by atoms with Gasteiger partial charge in [-0.05, 0) is 17.7 Å². The third-order valence-corrected chi connectivity index (χ3v) is 4.80. The Kier molecular flexibility index (Phi) is 3.90. The average Bonchev–Trinajstić information content (AvgIpc) is 3.00. The Morgan fingerprint density at radius 1 is 1.43 bits per heavy atom. The molecular weight excluding hydrogens is 323 g/mol. The lowest BCUT2D eigenvalue weighted by Crippen LogP contribution is -2.24. The Morgan fingerprint density at radius 3 is 2.91 bits per heavy atom. The first-order chi connectivity index (χ1) is 10.8. The summed E-state index contributed by atoms with van der Waals surface area (Å²) in [5, 5.41) is 9.37. The maximum absolute atomic E-state index is 13.1. The van der Waals surface area contributed by atoms with Gasteiger partial charge in [-0.1, -0.05) is 12.1 Å². The van der Waals surface area contributed by atoms with E-state index in [2.05, 4.69) is 15.5 Å². The number of hydrogen-bond donors (Lipinski definition) is 2. The van der Waals surface area contributed by atoms with E-state index in [0.717, 1.165) is 6.26 Å². The number of carbonyl (C=O) groups is 1. The molecule has 3 rings (SSSR count). The molecule has 0 bridgehead atoms. The standard InChI is InChI=1S/C14H15FN4O3S/c1-23(21,22)19-7-11-12(8-19)17-18-14(11)16-13(20)6-9-3-2-4-10(15)5-9/h2-5H,6-8H2,1H3,(H2,16,17,18,20). The lowest BCUT2D eigenvalue weighted by molar-refractivity contribution is -0.115. The molecule has 7 nitrogen and oxygen atoms in total. The molecular formula is C14H15FN4O3S. The van der Waals surface area contributed by atoms with Crippen LogP contribution >= 0.6 is 0 Å². The van der Waals surface area contributed by atoms with Crippen LogP contribution in [0.25, 0.3) is 0 Å². The average molecular weight is 338 g/mol. The fourth-order valence-corrected chi connectivity index (χ4v) is 3.18. The minimum Gasteiger partial charge on any atom is -0.309 e. The zero-order valence-corrected chi connectivity index (χ0v) is 13.2. The molecule has 122 valence electrons. The zero-order chi connectivity index (χ0) is 16.6. The smallest absolute Gasteiger partial charge is 0.230 e. The normalized spacial score (nSPS) is 14.7. The van der Waals surface area contributed by atoms with Crippen molar-refractivity contribution < 1.29 is 17.6 Å². The number of halogens is 1. The number of nitrogens with one attached hydrogen (secondary N) is 2. The van der Waals surface area contributed by atoms with E-state index in [1.165, 1.54) is 22.5 Å². The molecule has 0 fully saturated rings. The first-order valence-electron chi connectivity index (χ1n) is 6.88. The lowest BCUT2D eigenvalue weighted by atomic mass is 10.1. The highest BCUT2D eigenvalue weighted by atomic mass is 32.2. The Bertz CT molecular complexity index is 863. The number of anilines is 1. The number of nitrogens with zero attached hydrogens (tertiary/aromatic N) is 2. The number of carbonyl (C=O) groups excluding carboxylic acids is 1. The molecule has 1 aliphatic heterocycles. The van der Waals surface area contributed by atoms with E-state index in [1.807, 2.05) is 0 Å². The van der Waals surface area contributed by atoms with E-state index in [1.54, 1.807) is 6.07 Å². The van der Waals surface area contributed by atoms with Crippen molar-refractivity contribution >= 4 is 21.7 Å². The van der Waals surface area contributed by atoms with Crippen LogP contribution in [0.5, 0.6) is 0 Å². The maximum Gasteiger partial charge on any atom is 0.230 e. The molecule has 0 saturated heterocycles. The van der Waals surface area contributed by atoms with Gasteiger partial charge in [0.05, 0.1) is 24.9 Å². The number of benzene rings is 1. The second-order valence-corrected chi connectivity index (χ2v) is 7.40. The van der Waals surface area contributed by atoms with Crippen LogP contribution in [0, 0.1) is 5.82 Å². The maximum atomic E-state index is 13.1. The number of hydrogen-bond acceptors (Lipinski definition) is 4. The third kappa shape index (κ3) is 3.40. The number of aromatic nitrogens is 2. The molecule has 0 aliphatic carbocycles. The molecule has 0 radical (unpaired) electrons. The largest absolute Gasteiger partial charge is 0.309 e. The molecule has 2 heterocycles. The van der Waals surface area contributed by atoms with Crippen LogP contribution in [0.3, 0.4) is 0 Å². The van der Waals surface area contributed by atoms with Crippen LogP contribution in [-0.2, 0) is 34.3 Å². The van der Waals surface area contributed by atoms with Crippen LogP contribution in [-0.4, -0.2) is 35.1 Å². The van der Waals surface area contributed by atoms with E-state index in [4.69, 9.17) is 0 Å². The second-order valence-electron chi connectivity index (χ2n) is 5.42. The van der Waals surface area contributed by atoms with Crippen LogP contribution in [0.15, 0.2) is 24.3 Å².